The summed E-state index contributed by atoms with van der Waals surface area (Å²) >= 11 is 1.53. The van der Waals surface area contributed by atoms with Gasteiger partial charge in [-0.3, -0.25) is 4.98 Å². The van der Waals surface area contributed by atoms with Gasteiger partial charge in [-0.1, -0.05) is 5.16 Å². The number of piperidine rings is 1. The zero-order chi connectivity index (χ0) is 11.5. The van der Waals surface area contributed by atoms with Crippen LogP contribution in [-0.2, 0) is 6.42 Å². The Morgan fingerprint density at radius 3 is 3.06 bits per heavy atom. The Morgan fingerprint density at radius 1 is 1.41 bits per heavy atom. The molecule has 0 aliphatic carbocycles. The van der Waals surface area contributed by atoms with Gasteiger partial charge < -0.3 is 9.84 Å². The number of aromatic nitrogens is 3. The first-order chi connectivity index (χ1) is 8.42. The van der Waals surface area contributed by atoms with E-state index >= 15 is 0 Å². The average Bonchev–Trinajstić information content (AvgIpc) is 3.00. The molecule has 0 unspecified atom stereocenters. The lowest BCUT2D eigenvalue weighted by molar-refractivity contribution is 0.313. The summed E-state index contributed by atoms with van der Waals surface area (Å²) < 4.78 is 5.29. The molecule has 0 aromatic carbocycles. The molecular weight excluding hydrogens is 236 g/mol. The molecule has 0 bridgehead atoms. The number of thiazole rings is 1. The van der Waals surface area contributed by atoms with Gasteiger partial charge >= 0.3 is 0 Å². The van der Waals surface area contributed by atoms with Crippen LogP contribution in [0.25, 0.3) is 10.7 Å². The van der Waals surface area contributed by atoms with E-state index in [0.29, 0.717) is 11.7 Å². The minimum Gasteiger partial charge on any atom is -0.339 e. The molecule has 0 radical (unpaired) electrons. The largest absolute Gasteiger partial charge is 0.339 e. The van der Waals surface area contributed by atoms with Crippen molar-refractivity contribution in [3.63, 3.8) is 0 Å². The Kier molecular flexibility index (Phi) is 3.15. The first-order valence-corrected chi connectivity index (χ1v) is 6.72. The van der Waals surface area contributed by atoms with Crippen LogP contribution >= 0.6 is 11.3 Å². The molecule has 1 saturated heterocycles. The maximum Gasteiger partial charge on any atom is 0.227 e. The highest BCUT2D eigenvalue weighted by Gasteiger charge is 2.17. The molecule has 1 fully saturated rings. The highest BCUT2D eigenvalue weighted by atomic mass is 32.1. The summed E-state index contributed by atoms with van der Waals surface area (Å²) in [7, 11) is 0. The molecule has 1 aliphatic heterocycles. The molecule has 1 N–H and O–H groups in total. The molecule has 5 nitrogen and oxygen atoms in total. The average molecular weight is 250 g/mol. The van der Waals surface area contributed by atoms with Crippen LogP contribution < -0.4 is 5.32 Å². The minimum atomic E-state index is 0.663. The van der Waals surface area contributed by atoms with Gasteiger partial charge in [0.1, 0.15) is 0 Å². The van der Waals surface area contributed by atoms with Crippen molar-refractivity contribution < 1.29 is 4.52 Å². The fourth-order valence-corrected chi connectivity index (χ4v) is 2.64. The number of rotatable bonds is 3. The summed E-state index contributed by atoms with van der Waals surface area (Å²) in [5.74, 6) is 2.09. The van der Waals surface area contributed by atoms with Gasteiger partial charge in [0.15, 0.2) is 0 Å². The summed E-state index contributed by atoms with van der Waals surface area (Å²) in [5, 5.41) is 7.35. The smallest absolute Gasteiger partial charge is 0.227 e. The molecule has 90 valence electrons. The SMILES string of the molecule is c1ncc(-c2noc(CC3CCNCC3)n2)s1. The van der Waals surface area contributed by atoms with Gasteiger partial charge in [0, 0.05) is 12.6 Å². The topological polar surface area (TPSA) is 63.8 Å². The monoisotopic (exact) mass is 250 g/mol. The Hall–Kier alpha value is -1.27. The van der Waals surface area contributed by atoms with Crippen molar-refractivity contribution in [2.75, 3.05) is 13.1 Å². The number of hydrogen-bond donors (Lipinski definition) is 1. The molecule has 17 heavy (non-hydrogen) atoms. The second-order valence-corrected chi connectivity index (χ2v) is 5.16. The van der Waals surface area contributed by atoms with E-state index in [1.54, 1.807) is 11.7 Å². The van der Waals surface area contributed by atoms with Gasteiger partial charge in [-0.25, -0.2) is 0 Å². The molecule has 0 atom stereocenters. The predicted octanol–water partition coefficient (Wildman–Crippen LogP) is 1.74. The third-order valence-corrected chi connectivity index (χ3v) is 3.81. The Bertz CT molecular complexity index is 462. The summed E-state index contributed by atoms with van der Waals surface area (Å²) in [5.41, 5.74) is 1.78. The van der Waals surface area contributed by atoms with Gasteiger partial charge in [-0.2, -0.15) is 4.98 Å². The van der Waals surface area contributed by atoms with Crippen molar-refractivity contribution in [3.8, 4) is 10.7 Å². The van der Waals surface area contributed by atoms with Crippen LogP contribution in [0.4, 0.5) is 0 Å². The molecule has 6 heteroatoms. The van der Waals surface area contributed by atoms with Crippen LogP contribution in [0.3, 0.4) is 0 Å². The maximum absolute atomic E-state index is 5.29. The summed E-state index contributed by atoms with van der Waals surface area (Å²) in [6.07, 6.45) is 5.05. The van der Waals surface area contributed by atoms with Gasteiger partial charge in [0.05, 0.1) is 10.4 Å². The lowest BCUT2D eigenvalue weighted by Gasteiger charge is -2.20. The third-order valence-electron chi connectivity index (χ3n) is 3.04. The quantitative estimate of drug-likeness (QED) is 0.899. The lowest BCUT2D eigenvalue weighted by atomic mass is 9.95. The second kappa shape index (κ2) is 4.93. The number of hydrogen-bond acceptors (Lipinski definition) is 6. The Balaban J connectivity index is 1.68. The van der Waals surface area contributed by atoms with Gasteiger partial charge in [-0.05, 0) is 31.8 Å². The van der Waals surface area contributed by atoms with Gasteiger partial charge in [0.2, 0.25) is 11.7 Å². The molecule has 2 aromatic heterocycles. The molecular formula is C11H14N4OS. The first-order valence-electron chi connectivity index (χ1n) is 5.84. The highest BCUT2D eigenvalue weighted by molar-refractivity contribution is 7.13. The van der Waals surface area contributed by atoms with Crippen LogP contribution in [0.1, 0.15) is 18.7 Å². The number of nitrogens with one attached hydrogen (secondary N) is 1. The third kappa shape index (κ3) is 2.53. The van der Waals surface area contributed by atoms with E-state index in [0.717, 1.165) is 30.3 Å². The second-order valence-electron chi connectivity index (χ2n) is 4.27. The van der Waals surface area contributed by atoms with E-state index in [2.05, 4.69) is 20.4 Å². The van der Waals surface area contributed by atoms with Gasteiger partial charge in [0.25, 0.3) is 0 Å². The molecule has 1 aliphatic rings. The molecule has 3 rings (SSSR count). The standard InChI is InChI=1S/C11H14N4OS/c1-3-12-4-2-8(1)5-10-14-11(15-16-10)9-6-13-7-17-9/h6-8,12H,1-5H2. The van der Waals surface area contributed by atoms with Crippen molar-refractivity contribution in [2.45, 2.75) is 19.3 Å². The Labute approximate surface area is 103 Å². The zero-order valence-electron chi connectivity index (χ0n) is 9.43. The van der Waals surface area contributed by atoms with Crippen LogP contribution in [-0.4, -0.2) is 28.2 Å². The van der Waals surface area contributed by atoms with E-state index in [9.17, 15) is 0 Å². The molecule has 3 heterocycles. The maximum atomic E-state index is 5.29. The van der Waals surface area contributed by atoms with E-state index in [1.807, 2.05) is 0 Å². The summed E-state index contributed by atoms with van der Waals surface area (Å²) in [6.45, 7) is 2.20. The van der Waals surface area contributed by atoms with Crippen LogP contribution in [0, 0.1) is 5.92 Å². The summed E-state index contributed by atoms with van der Waals surface area (Å²) in [4.78, 5) is 9.39. The van der Waals surface area contributed by atoms with Gasteiger partial charge in [-0.15, -0.1) is 11.3 Å². The highest BCUT2D eigenvalue weighted by Crippen LogP contribution is 2.22. The van der Waals surface area contributed by atoms with Crippen molar-refractivity contribution in [2.24, 2.45) is 5.92 Å². The van der Waals surface area contributed by atoms with Crippen LogP contribution in [0.15, 0.2) is 16.2 Å². The summed E-state index contributed by atoms with van der Waals surface area (Å²) in [6, 6.07) is 0. The van der Waals surface area contributed by atoms with E-state index in [4.69, 9.17) is 4.52 Å². The van der Waals surface area contributed by atoms with Crippen molar-refractivity contribution in [1.29, 1.82) is 0 Å². The molecule has 0 amide bonds. The normalized spacial score (nSPS) is 17.4. The fourth-order valence-electron chi connectivity index (χ4n) is 2.10. The number of nitrogens with zero attached hydrogens (tertiary/aromatic N) is 3. The van der Waals surface area contributed by atoms with Crippen LogP contribution in [0.5, 0.6) is 0 Å². The molecule has 2 aromatic rings. The predicted molar refractivity (Wildman–Crippen MR) is 64.7 cm³/mol. The minimum absolute atomic E-state index is 0.663. The van der Waals surface area contributed by atoms with E-state index in [1.165, 1.54) is 24.2 Å². The lowest BCUT2D eigenvalue weighted by Crippen LogP contribution is -2.28. The fraction of sp³-hybridized carbons (Fsp3) is 0.545. The Morgan fingerprint density at radius 2 is 2.29 bits per heavy atom. The first kappa shape index (κ1) is 10.9. The molecule has 0 spiro atoms. The molecule has 0 saturated carbocycles. The van der Waals surface area contributed by atoms with Crippen molar-refractivity contribution in [3.05, 3.63) is 17.6 Å². The van der Waals surface area contributed by atoms with Crippen molar-refractivity contribution >= 4 is 11.3 Å². The zero-order valence-corrected chi connectivity index (χ0v) is 10.2. The van der Waals surface area contributed by atoms with E-state index in [-0.39, 0.29) is 0 Å². The van der Waals surface area contributed by atoms with Crippen LogP contribution in [0.2, 0.25) is 0 Å². The van der Waals surface area contributed by atoms with Crippen molar-refractivity contribution in [1.82, 2.24) is 20.4 Å². The van der Waals surface area contributed by atoms with E-state index < -0.39 is 0 Å².